The predicted octanol–water partition coefficient (Wildman–Crippen LogP) is 2.18. The monoisotopic (exact) mass is 528 g/mol. The van der Waals surface area contributed by atoms with Gasteiger partial charge in [0, 0.05) is 33.7 Å². The molecule has 0 spiro atoms. The highest BCUT2D eigenvalue weighted by molar-refractivity contribution is 14.0. The zero-order chi connectivity index (χ0) is 19.9. The molecule has 0 heterocycles. The molecule has 0 atom stereocenters. The summed E-state index contributed by atoms with van der Waals surface area (Å²) >= 11 is 0. The van der Waals surface area contributed by atoms with E-state index in [1.165, 1.54) is 19.6 Å². The molecule has 1 aromatic carbocycles. The SMILES string of the molecule is CN=C(NCCS(=O)(=O)NCC1CCC1)N(C)Cc1ccc(OC)c(F)c1.I. The summed E-state index contributed by atoms with van der Waals surface area (Å²) in [4.78, 5) is 5.96. The summed E-state index contributed by atoms with van der Waals surface area (Å²) in [6.07, 6.45) is 3.39. The second-order valence-corrected chi connectivity index (χ2v) is 8.69. The zero-order valence-electron chi connectivity index (χ0n) is 16.6. The summed E-state index contributed by atoms with van der Waals surface area (Å²) < 4.78 is 45.5. The number of aliphatic imine (C=N–C) groups is 1. The third-order valence-corrected chi connectivity index (χ3v) is 6.03. The van der Waals surface area contributed by atoms with Gasteiger partial charge in [0.05, 0.1) is 12.9 Å². The first-order chi connectivity index (χ1) is 12.8. The van der Waals surface area contributed by atoms with Gasteiger partial charge in [0.15, 0.2) is 17.5 Å². The summed E-state index contributed by atoms with van der Waals surface area (Å²) in [5.74, 6) is 0.777. The Balaban J connectivity index is 0.00000392. The van der Waals surface area contributed by atoms with Crippen LogP contribution in [0.5, 0.6) is 5.75 Å². The number of hydrogen-bond acceptors (Lipinski definition) is 4. The number of nitrogens with zero attached hydrogens (tertiary/aromatic N) is 2. The van der Waals surface area contributed by atoms with Crippen LogP contribution in [0.3, 0.4) is 0 Å². The lowest BCUT2D eigenvalue weighted by molar-refractivity contribution is 0.316. The van der Waals surface area contributed by atoms with Gasteiger partial charge in [-0.25, -0.2) is 17.5 Å². The summed E-state index contributed by atoms with van der Waals surface area (Å²) in [6, 6.07) is 4.77. The van der Waals surface area contributed by atoms with Crippen LogP contribution in [0.15, 0.2) is 23.2 Å². The maximum atomic E-state index is 13.8. The summed E-state index contributed by atoms with van der Waals surface area (Å²) in [5.41, 5.74) is 0.758. The highest BCUT2D eigenvalue weighted by Crippen LogP contribution is 2.25. The van der Waals surface area contributed by atoms with Crippen LogP contribution in [0.1, 0.15) is 24.8 Å². The second-order valence-electron chi connectivity index (χ2n) is 6.76. The Hall–Kier alpha value is -1.14. The topological polar surface area (TPSA) is 83.0 Å². The van der Waals surface area contributed by atoms with Crippen molar-refractivity contribution in [1.29, 1.82) is 0 Å². The normalized spacial score (nSPS) is 14.8. The average Bonchev–Trinajstić information content (AvgIpc) is 2.57. The van der Waals surface area contributed by atoms with Gasteiger partial charge >= 0.3 is 0 Å². The molecule has 1 aromatic rings. The third kappa shape index (κ3) is 7.70. The summed E-state index contributed by atoms with van der Waals surface area (Å²) in [6.45, 7) is 1.20. The largest absolute Gasteiger partial charge is 0.494 e. The minimum Gasteiger partial charge on any atom is -0.494 e. The van der Waals surface area contributed by atoms with E-state index in [1.807, 2.05) is 0 Å². The molecule has 0 aliphatic heterocycles. The van der Waals surface area contributed by atoms with Crippen LogP contribution in [-0.4, -0.2) is 59.3 Å². The number of sulfonamides is 1. The number of hydrogen-bond donors (Lipinski definition) is 2. The van der Waals surface area contributed by atoms with Crippen molar-refractivity contribution >= 4 is 40.0 Å². The zero-order valence-corrected chi connectivity index (χ0v) is 19.7. The van der Waals surface area contributed by atoms with Gasteiger partial charge in [0.2, 0.25) is 10.0 Å². The Kier molecular flexibility index (Phi) is 10.5. The number of ether oxygens (including phenoxy) is 1. The molecule has 0 radical (unpaired) electrons. The van der Waals surface area contributed by atoms with Crippen LogP contribution in [0.2, 0.25) is 0 Å². The maximum Gasteiger partial charge on any atom is 0.213 e. The smallest absolute Gasteiger partial charge is 0.213 e. The van der Waals surface area contributed by atoms with Crippen molar-refractivity contribution in [3.05, 3.63) is 29.6 Å². The van der Waals surface area contributed by atoms with Gasteiger partial charge in [-0.05, 0) is 36.5 Å². The number of nitrogens with one attached hydrogen (secondary N) is 2. The molecule has 10 heteroatoms. The Morgan fingerprint density at radius 1 is 1.39 bits per heavy atom. The van der Waals surface area contributed by atoms with Gasteiger partial charge in [-0.3, -0.25) is 4.99 Å². The Morgan fingerprint density at radius 3 is 2.64 bits per heavy atom. The lowest BCUT2D eigenvalue weighted by Gasteiger charge is -2.25. The minimum atomic E-state index is -3.30. The van der Waals surface area contributed by atoms with Crippen LogP contribution in [0.4, 0.5) is 4.39 Å². The minimum absolute atomic E-state index is 0. The molecular formula is C18H30FIN4O3S. The van der Waals surface area contributed by atoms with Gasteiger partial charge in [0.25, 0.3) is 0 Å². The molecule has 1 fully saturated rings. The quantitative estimate of drug-likeness (QED) is 0.292. The molecule has 0 bridgehead atoms. The molecule has 0 aromatic heterocycles. The number of halogens is 2. The second kappa shape index (κ2) is 11.8. The number of methoxy groups -OCH3 is 1. The van der Waals surface area contributed by atoms with Crippen molar-refractivity contribution in [2.24, 2.45) is 10.9 Å². The lowest BCUT2D eigenvalue weighted by Crippen LogP contribution is -2.42. The van der Waals surface area contributed by atoms with E-state index < -0.39 is 15.8 Å². The average molecular weight is 528 g/mol. The first-order valence-corrected chi connectivity index (χ1v) is 10.7. The number of guanidine groups is 1. The predicted molar refractivity (Wildman–Crippen MR) is 120 cm³/mol. The fourth-order valence-corrected chi connectivity index (χ4v) is 3.86. The van der Waals surface area contributed by atoms with E-state index in [-0.39, 0.29) is 42.0 Å². The van der Waals surface area contributed by atoms with Crippen LogP contribution in [0, 0.1) is 11.7 Å². The molecule has 160 valence electrons. The first-order valence-electron chi connectivity index (χ1n) is 9.06. The molecule has 7 nitrogen and oxygen atoms in total. The molecule has 1 aliphatic rings. The molecule has 0 unspecified atom stereocenters. The Morgan fingerprint density at radius 2 is 2.11 bits per heavy atom. The number of benzene rings is 1. The molecule has 1 saturated carbocycles. The van der Waals surface area contributed by atoms with Crippen molar-refractivity contribution in [1.82, 2.24) is 14.9 Å². The van der Waals surface area contributed by atoms with Gasteiger partial charge < -0.3 is 15.0 Å². The summed E-state index contributed by atoms with van der Waals surface area (Å²) in [5, 5.41) is 3.04. The number of rotatable bonds is 9. The van der Waals surface area contributed by atoms with E-state index in [0.29, 0.717) is 25.0 Å². The Labute approximate surface area is 184 Å². The lowest BCUT2D eigenvalue weighted by atomic mass is 9.86. The fourth-order valence-electron chi connectivity index (χ4n) is 2.85. The molecule has 2 N–H and O–H groups in total. The van der Waals surface area contributed by atoms with Gasteiger partial charge in [-0.1, -0.05) is 12.5 Å². The van der Waals surface area contributed by atoms with E-state index in [1.54, 1.807) is 31.1 Å². The van der Waals surface area contributed by atoms with E-state index in [2.05, 4.69) is 15.0 Å². The fraction of sp³-hybridized carbons (Fsp3) is 0.611. The van der Waals surface area contributed by atoms with Crippen molar-refractivity contribution < 1.29 is 17.5 Å². The van der Waals surface area contributed by atoms with Crippen LogP contribution in [-0.2, 0) is 16.6 Å². The van der Waals surface area contributed by atoms with Gasteiger partial charge in [0.1, 0.15) is 0 Å². The van der Waals surface area contributed by atoms with E-state index in [0.717, 1.165) is 18.4 Å². The maximum absolute atomic E-state index is 13.8. The van der Waals surface area contributed by atoms with E-state index in [9.17, 15) is 12.8 Å². The molecule has 0 amide bonds. The third-order valence-electron chi connectivity index (χ3n) is 4.68. The van der Waals surface area contributed by atoms with Crippen LogP contribution >= 0.6 is 24.0 Å². The Bertz CT molecular complexity index is 757. The highest BCUT2D eigenvalue weighted by Gasteiger charge is 2.20. The molecule has 1 aliphatic carbocycles. The van der Waals surface area contributed by atoms with E-state index in [4.69, 9.17) is 4.74 Å². The van der Waals surface area contributed by atoms with Crippen molar-refractivity contribution in [3.8, 4) is 5.75 Å². The van der Waals surface area contributed by atoms with Crippen molar-refractivity contribution in [2.45, 2.75) is 25.8 Å². The van der Waals surface area contributed by atoms with Gasteiger partial charge in [-0.2, -0.15) is 0 Å². The van der Waals surface area contributed by atoms with Crippen molar-refractivity contribution in [3.63, 3.8) is 0 Å². The van der Waals surface area contributed by atoms with Crippen LogP contribution < -0.4 is 14.8 Å². The highest BCUT2D eigenvalue weighted by atomic mass is 127. The van der Waals surface area contributed by atoms with Crippen molar-refractivity contribution in [2.75, 3.05) is 40.0 Å². The first kappa shape index (κ1) is 24.9. The van der Waals surface area contributed by atoms with Crippen LogP contribution in [0.25, 0.3) is 0 Å². The molecule has 28 heavy (non-hydrogen) atoms. The molecule has 0 saturated heterocycles. The standard InChI is InChI=1S/C18H29FN4O3S.HI/c1-20-18(21-9-10-27(24,25)22-12-14-5-4-6-14)23(2)13-15-7-8-17(26-3)16(19)11-15;/h7-8,11,14,22H,4-6,9-10,12-13H2,1-3H3,(H,20,21);1H. The van der Waals surface area contributed by atoms with Gasteiger partial charge in [-0.15, -0.1) is 24.0 Å². The summed E-state index contributed by atoms with van der Waals surface area (Å²) in [7, 11) is 1.55. The molecule has 2 rings (SSSR count). The van der Waals surface area contributed by atoms with E-state index >= 15 is 0 Å². The molecular weight excluding hydrogens is 498 g/mol.